The molecule has 3 aliphatic rings. The largest absolute Gasteiger partial charge is 0.378 e. The van der Waals surface area contributed by atoms with Crippen molar-refractivity contribution in [3.8, 4) is 0 Å². The number of nitrogens with zero attached hydrogens (tertiary/aromatic N) is 1. The first kappa shape index (κ1) is 34.2. The predicted octanol–water partition coefficient (Wildman–Crippen LogP) is 11.9. The molecule has 1 aliphatic heterocycles. The van der Waals surface area contributed by atoms with Gasteiger partial charge < -0.3 is 10.2 Å². The molecule has 2 aliphatic carbocycles. The van der Waals surface area contributed by atoms with Crippen LogP contribution in [-0.2, 0) is 0 Å². The molecule has 0 radical (unpaired) electrons. The highest BCUT2D eigenvalue weighted by Gasteiger charge is 2.49. The normalized spacial score (nSPS) is 17.7. The Labute approximate surface area is 284 Å². The molecule has 2 aromatic carbocycles. The molecule has 2 fully saturated rings. The molecule has 3 aromatic rings. The Morgan fingerprint density at radius 3 is 2.11 bits per heavy atom. The quantitative estimate of drug-likeness (QED) is 0.224. The van der Waals surface area contributed by atoms with Crippen molar-refractivity contribution in [3.63, 3.8) is 0 Å². The van der Waals surface area contributed by atoms with Crippen LogP contribution in [0.25, 0.3) is 16.8 Å². The molecule has 0 bridgehead atoms. The van der Waals surface area contributed by atoms with Crippen molar-refractivity contribution in [3.05, 3.63) is 123 Å². The minimum atomic E-state index is 0.198. The highest BCUT2D eigenvalue weighted by molar-refractivity contribution is 7.11. The van der Waals surface area contributed by atoms with Crippen LogP contribution in [0.15, 0.2) is 90.4 Å². The molecule has 1 unspecified atom stereocenters. The van der Waals surface area contributed by atoms with E-state index in [4.69, 9.17) is 0 Å². The van der Waals surface area contributed by atoms with Crippen LogP contribution < -0.4 is 5.32 Å². The number of rotatable bonds is 10. The van der Waals surface area contributed by atoms with Crippen LogP contribution in [0.2, 0.25) is 0 Å². The monoisotopic (exact) mass is 632 g/mol. The van der Waals surface area contributed by atoms with Gasteiger partial charge in [-0.15, -0.1) is 11.3 Å². The van der Waals surface area contributed by atoms with Gasteiger partial charge in [0, 0.05) is 30.2 Å². The van der Waals surface area contributed by atoms with E-state index in [2.05, 4.69) is 131 Å². The minimum Gasteiger partial charge on any atom is -0.378 e. The first-order valence-corrected chi connectivity index (χ1v) is 18.5. The van der Waals surface area contributed by atoms with Gasteiger partial charge in [0.15, 0.2) is 0 Å². The summed E-state index contributed by atoms with van der Waals surface area (Å²) in [6.07, 6.45) is 12.4. The first-order valence-electron chi connectivity index (χ1n) is 17.6. The summed E-state index contributed by atoms with van der Waals surface area (Å²) in [7, 11) is 2.24. The van der Waals surface area contributed by atoms with Crippen LogP contribution in [0.5, 0.6) is 0 Å². The van der Waals surface area contributed by atoms with Gasteiger partial charge in [0.05, 0.1) is 4.88 Å². The number of nitrogens with one attached hydrogen (secondary N) is 1. The average Bonchev–Trinajstić information content (AvgIpc) is 3.52. The molecule has 244 valence electrons. The Balaban J connectivity index is 0.000000463. The van der Waals surface area contributed by atoms with E-state index in [0.29, 0.717) is 5.41 Å². The maximum atomic E-state index is 4.38. The summed E-state index contributed by atoms with van der Waals surface area (Å²) in [6, 6.07) is 20.9. The Hall–Kier alpha value is -3.14. The second kappa shape index (κ2) is 15.2. The molecule has 1 atom stereocenters. The van der Waals surface area contributed by atoms with Crippen LogP contribution in [-0.4, -0.2) is 25.0 Å². The summed E-state index contributed by atoms with van der Waals surface area (Å²) in [6.45, 7) is 21.7. The van der Waals surface area contributed by atoms with E-state index in [-0.39, 0.29) is 6.04 Å². The number of allylic oxidation sites excluding steroid dienone is 4. The van der Waals surface area contributed by atoms with Crippen molar-refractivity contribution in [1.82, 2.24) is 10.2 Å². The highest BCUT2D eigenvalue weighted by atomic mass is 32.1. The van der Waals surface area contributed by atoms with Gasteiger partial charge in [-0.3, -0.25) is 0 Å². The third-order valence-electron chi connectivity index (χ3n) is 10.4. The van der Waals surface area contributed by atoms with Crippen LogP contribution >= 0.6 is 11.3 Å². The Bertz CT molecular complexity index is 1550. The molecule has 46 heavy (non-hydrogen) atoms. The number of benzene rings is 2. The minimum absolute atomic E-state index is 0.198. The van der Waals surface area contributed by atoms with E-state index in [1.54, 1.807) is 16.9 Å². The molecular formula is C43H56N2S. The van der Waals surface area contributed by atoms with Gasteiger partial charge in [0.2, 0.25) is 0 Å². The van der Waals surface area contributed by atoms with E-state index >= 15 is 0 Å². The lowest BCUT2D eigenvalue weighted by molar-refractivity contribution is -0.0106. The zero-order valence-electron chi connectivity index (χ0n) is 29.3. The van der Waals surface area contributed by atoms with Crippen LogP contribution in [0.3, 0.4) is 0 Å². The van der Waals surface area contributed by atoms with E-state index in [1.807, 2.05) is 0 Å². The van der Waals surface area contributed by atoms with Gasteiger partial charge in [-0.05, 0) is 130 Å². The van der Waals surface area contributed by atoms with Crippen LogP contribution in [0, 0.1) is 18.3 Å². The summed E-state index contributed by atoms with van der Waals surface area (Å²) in [5, 5.41) is 5.97. The SMILES string of the molecule is C=C(C)C(CC)CC.C=C(NC(C)c1ccc(C(=C2CC3(C2)CN(C)C3)c2ccc(C)cc2)cc1)c1cc(C2=CCCCC2)cs1. The second-order valence-corrected chi connectivity index (χ2v) is 15.3. The molecule has 1 N–H and O–H groups in total. The third-order valence-corrected chi connectivity index (χ3v) is 11.4. The molecule has 2 nitrogen and oxygen atoms in total. The summed E-state index contributed by atoms with van der Waals surface area (Å²) in [5.41, 5.74) is 14.1. The van der Waals surface area contributed by atoms with Gasteiger partial charge in [-0.2, -0.15) is 0 Å². The number of thiophene rings is 1. The zero-order chi connectivity index (χ0) is 32.8. The fourth-order valence-corrected chi connectivity index (χ4v) is 8.62. The summed E-state index contributed by atoms with van der Waals surface area (Å²) < 4.78 is 0. The number of likely N-dealkylation sites (tertiary alicyclic amines) is 1. The number of hydrogen-bond donors (Lipinski definition) is 1. The summed E-state index contributed by atoms with van der Waals surface area (Å²) in [5.74, 6) is 0.759. The molecule has 6 rings (SSSR count). The summed E-state index contributed by atoms with van der Waals surface area (Å²) >= 11 is 1.80. The van der Waals surface area contributed by atoms with E-state index in [9.17, 15) is 0 Å². The molecule has 1 saturated carbocycles. The Morgan fingerprint density at radius 2 is 1.59 bits per heavy atom. The van der Waals surface area contributed by atoms with Gasteiger partial charge in [-0.1, -0.05) is 98.3 Å². The van der Waals surface area contributed by atoms with Crippen molar-refractivity contribution in [2.45, 2.75) is 92.0 Å². The molecule has 3 heteroatoms. The molecular weight excluding hydrogens is 577 g/mol. The molecule has 1 saturated heterocycles. The first-order chi connectivity index (χ1) is 22.1. The lowest BCUT2D eigenvalue weighted by atomic mass is 9.59. The Kier molecular flexibility index (Phi) is 11.3. The standard InChI is InChI=1S/C35H40N2S.C8H16/c1-24-10-12-29(13-11-24)34(32-19-35(20-32)22-37(4)23-35)30-16-14-27(15-17-30)25(2)36-26(3)33-18-31(21-38-33)28-8-6-5-7-9-28;1-5-8(6-2)7(3)4/h8,10-18,21,25,36H,3,5-7,9,19-20,22-23H2,1-2,4H3;8H,3,5-6H2,1-2,4H3. The smallest absolute Gasteiger partial charge is 0.0502 e. The van der Waals surface area contributed by atoms with Crippen LogP contribution in [0.1, 0.15) is 118 Å². The molecule has 0 amide bonds. The third kappa shape index (κ3) is 8.04. The number of hydrogen-bond acceptors (Lipinski definition) is 3. The molecule has 1 aromatic heterocycles. The zero-order valence-corrected chi connectivity index (χ0v) is 30.2. The average molecular weight is 633 g/mol. The van der Waals surface area contributed by atoms with E-state index in [1.165, 1.54) is 114 Å². The fourth-order valence-electron chi connectivity index (χ4n) is 7.75. The Morgan fingerprint density at radius 1 is 0.957 bits per heavy atom. The molecule has 1 spiro atoms. The van der Waals surface area contributed by atoms with Gasteiger partial charge >= 0.3 is 0 Å². The topological polar surface area (TPSA) is 15.3 Å². The van der Waals surface area contributed by atoms with Gasteiger partial charge in [-0.25, -0.2) is 0 Å². The van der Waals surface area contributed by atoms with E-state index in [0.717, 1.165) is 11.6 Å². The highest BCUT2D eigenvalue weighted by Crippen LogP contribution is 2.54. The van der Waals surface area contributed by atoms with Crippen molar-refractivity contribution in [2.24, 2.45) is 11.3 Å². The maximum Gasteiger partial charge on any atom is 0.0502 e. The van der Waals surface area contributed by atoms with E-state index < -0.39 is 0 Å². The van der Waals surface area contributed by atoms with Gasteiger partial charge in [0.25, 0.3) is 0 Å². The maximum absolute atomic E-state index is 4.38. The molecule has 2 heterocycles. The predicted molar refractivity (Wildman–Crippen MR) is 203 cm³/mol. The van der Waals surface area contributed by atoms with Crippen molar-refractivity contribution < 1.29 is 0 Å². The van der Waals surface area contributed by atoms with Crippen molar-refractivity contribution in [2.75, 3.05) is 20.1 Å². The van der Waals surface area contributed by atoms with Gasteiger partial charge in [0.1, 0.15) is 0 Å². The number of aryl methyl sites for hydroxylation is 1. The lowest BCUT2D eigenvalue weighted by Gasteiger charge is -2.56. The van der Waals surface area contributed by atoms with Crippen LogP contribution in [0.4, 0.5) is 0 Å². The second-order valence-electron chi connectivity index (χ2n) is 14.4. The van der Waals surface area contributed by atoms with Crippen molar-refractivity contribution >= 4 is 28.2 Å². The fraction of sp³-hybridized carbons (Fsp3) is 0.442. The van der Waals surface area contributed by atoms with Crippen molar-refractivity contribution in [1.29, 1.82) is 0 Å². The lowest BCUT2D eigenvalue weighted by Crippen LogP contribution is -2.58. The summed E-state index contributed by atoms with van der Waals surface area (Å²) in [4.78, 5) is 3.69.